The largest absolute Gasteiger partial charge is 0.497 e. The molecule has 1 aromatic rings. The van der Waals surface area contributed by atoms with E-state index in [-0.39, 0.29) is 11.6 Å². The van der Waals surface area contributed by atoms with Crippen LogP contribution in [0.25, 0.3) is 0 Å². The molecule has 0 N–H and O–H groups in total. The Labute approximate surface area is 114 Å². The fraction of sp³-hybridized carbons (Fsp3) is 0.500. The third kappa shape index (κ3) is 2.42. The number of Topliss-reactive ketones (excluding diaryl/α,β-unsaturated/α-hetero) is 2. The van der Waals surface area contributed by atoms with Gasteiger partial charge in [0.2, 0.25) is 0 Å². The van der Waals surface area contributed by atoms with Crippen LogP contribution in [0.1, 0.15) is 49.0 Å². The van der Waals surface area contributed by atoms with Gasteiger partial charge >= 0.3 is 0 Å². The summed E-state index contributed by atoms with van der Waals surface area (Å²) in [5.41, 5.74) is 1.31. The highest BCUT2D eigenvalue weighted by Gasteiger charge is 2.41. The number of ketones is 2. The second-order valence-corrected chi connectivity index (χ2v) is 5.36. The number of carbonyl (C=O) groups excluding carboxylic acids is 2. The van der Waals surface area contributed by atoms with Crippen LogP contribution in [0.3, 0.4) is 0 Å². The average Bonchev–Trinajstić information content (AvgIpc) is 2.41. The smallest absolute Gasteiger partial charge is 0.169 e. The van der Waals surface area contributed by atoms with Crippen molar-refractivity contribution in [1.82, 2.24) is 0 Å². The van der Waals surface area contributed by atoms with Crippen molar-refractivity contribution in [2.75, 3.05) is 7.11 Å². The summed E-state index contributed by atoms with van der Waals surface area (Å²) in [5.74, 6) is 0.989. The Morgan fingerprint density at radius 1 is 1.42 bits per heavy atom. The third-order valence-electron chi connectivity index (χ3n) is 4.18. The van der Waals surface area contributed by atoms with Crippen molar-refractivity contribution in [3.05, 3.63) is 29.3 Å². The minimum absolute atomic E-state index is 0.0900. The van der Waals surface area contributed by atoms with E-state index >= 15 is 0 Å². The van der Waals surface area contributed by atoms with Crippen LogP contribution in [-0.2, 0) is 11.2 Å². The van der Waals surface area contributed by atoms with Crippen molar-refractivity contribution < 1.29 is 14.3 Å². The van der Waals surface area contributed by atoms with Crippen LogP contribution < -0.4 is 4.74 Å². The Kier molecular flexibility index (Phi) is 3.74. The maximum Gasteiger partial charge on any atom is 0.169 e. The van der Waals surface area contributed by atoms with Gasteiger partial charge in [0, 0.05) is 17.4 Å². The summed E-state index contributed by atoms with van der Waals surface area (Å²) >= 11 is 0. The van der Waals surface area contributed by atoms with Crippen molar-refractivity contribution >= 4 is 11.6 Å². The second-order valence-electron chi connectivity index (χ2n) is 5.36. The molecule has 0 bridgehead atoms. The van der Waals surface area contributed by atoms with E-state index in [0.29, 0.717) is 6.42 Å². The molecule has 3 nitrogen and oxygen atoms in total. The number of methoxy groups -OCH3 is 1. The lowest BCUT2D eigenvalue weighted by molar-refractivity contribution is -0.119. The summed E-state index contributed by atoms with van der Waals surface area (Å²) in [6.45, 7) is 3.56. The average molecular weight is 260 g/mol. The Morgan fingerprint density at radius 2 is 2.16 bits per heavy atom. The third-order valence-corrected chi connectivity index (χ3v) is 4.18. The SMILES string of the molecule is CCC1(CC(C)=O)CCc2cc(OC)ccc2C1=O. The summed E-state index contributed by atoms with van der Waals surface area (Å²) in [6, 6.07) is 5.58. The Balaban J connectivity index is 2.40. The molecular weight excluding hydrogens is 240 g/mol. The van der Waals surface area contributed by atoms with Gasteiger partial charge in [-0.1, -0.05) is 6.92 Å². The van der Waals surface area contributed by atoms with E-state index in [9.17, 15) is 9.59 Å². The van der Waals surface area contributed by atoms with Gasteiger partial charge in [0.15, 0.2) is 5.78 Å². The van der Waals surface area contributed by atoms with Crippen molar-refractivity contribution in [2.24, 2.45) is 5.41 Å². The van der Waals surface area contributed by atoms with Crippen molar-refractivity contribution in [3.63, 3.8) is 0 Å². The Bertz CT molecular complexity index is 519. The molecule has 1 atom stereocenters. The van der Waals surface area contributed by atoms with Crippen LogP contribution in [0, 0.1) is 5.41 Å². The standard InChI is InChI=1S/C16H20O3/c1-4-16(10-11(2)17)8-7-12-9-13(19-3)5-6-14(12)15(16)18/h5-6,9H,4,7-8,10H2,1-3H3. The summed E-state index contributed by atoms with van der Waals surface area (Å²) < 4.78 is 5.19. The molecule has 1 aromatic carbocycles. The summed E-state index contributed by atoms with van der Waals surface area (Å²) in [5, 5.41) is 0. The highest BCUT2D eigenvalue weighted by Crippen LogP contribution is 2.41. The van der Waals surface area contributed by atoms with Crippen LogP contribution >= 0.6 is 0 Å². The fourth-order valence-corrected chi connectivity index (χ4v) is 3.01. The van der Waals surface area contributed by atoms with E-state index in [1.54, 1.807) is 14.0 Å². The normalized spacial score (nSPS) is 21.9. The number of hydrogen-bond donors (Lipinski definition) is 0. The lowest BCUT2D eigenvalue weighted by Gasteiger charge is -2.35. The first-order chi connectivity index (χ1) is 9.02. The predicted octanol–water partition coefficient (Wildman–Crippen LogP) is 3.20. The molecule has 1 aliphatic carbocycles. The number of aryl methyl sites for hydroxylation is 1. The van der Waals surface area contributed by atoms with Gasteiger partial charge in [-0.25, -0.2) is 0 Å². The van der Waals surface area contributed by atoms with Gasteiger partial charge in [-0.05, 0) is 49.9 Å². The second kappa shape index (κ2) is 5.16. The molecule has 0 saturated carbocycles. The van der Waals surface area contributed by atoms with E-state index in [1.807, 2.05) is 25.1 Å². The molecule has 3 heteroatoms. The molecule has 0 saturated heterocycles. The minimum Gasteiger partial charge on any atom is -0.497 e. The van der Waals surface area contributed by atoms with Gasteiger partial charge in [0.05, 0.1) is 7.11 Å². The van der Waals surface area contributed by atoms with Gasteiger partial charge in [0.25, 0.3) is 0 Å². The van der Waals surface area contributed by atoms with Crippen LogP contribution in [0.4, 0.5) is 0 Å². The van der Waals surface area contributed by atoms with Crippen molar-refractivity contribution in [2.45, 2.75) is 39.5 Å². The summed E-state index contributed by atoms with van der Waals surface area (Å²) in [6.07, 6.45) is 2.66. The van der Waals surface area contributed by atoms with Crippen LogP contribution in [0.5, 0.6) is 5.75 Å². The zero-order valence-corrected chi connectivity index (χ0v) is 11.8. The summed E-state index contributed by atoms with van der Waals surface area (Å²) in [4.78, 5) is 24.2. The molecule has 0 amide bonds. The van der Waals surface area contributed by atoms with Gasteiger partial charge < -0.3 is 4.74 Å². The lowest BCUT2D eigenvalue weighted by atomic mass is 9.66. The minimum atomic E-state index is -0.493. The van der Waals surface area contributed by atoms with E-state index in [1.165, 1.54) is 0 Å². The molecule has 0 heterocycles. The topological polar surface area (TPSA) is 43.4 Å². The molecule has 2 rings (SSSR count). The van der Waals surface area contributed by atoms with Crippen LogP contribution in [0.2, 0.25) is 0 Å². The lowest BCUT2D eigenvalue weighted by Crippen LogP contribution is -2.37. The number of fused-ring (bicyclic) bond motifs is 1. The molecule has 19 heavy (non-hydrogen) atoms. The van der Waals surface area contributed by atoms with Gasteiger partial charge in [-0.15, -0.1) is 0 Å². The van der Waals surface area contributed by atoms with Gasteiger partial charge in [0.1, 0.15) is 11.5 Å². The molecule has 0 aliphatic heterocycles. The molecule has 1 aliphatic rings. The number of hydrogen-bond acceptors (Lipinski definition) is 3. The van der Waals surface area contributed by atoms with E-state index in [0.717, 1.165) is 36.1 Å². The molecular formula is C16H20O3. The number of benzene rings is 1. The molecule has 0 fully saturated rings. The number of ether oxygens (including phenoxy) is 1. The first-order valence-electron chi connectivity index (χ1n) is 6.73. The molecule has 0 aromatic heterocycles. The predicted molar refractivity (Wildman–Crippen MR) is 73.7 cm³/mol. The Morgan fingerprint density at radius 3 is 2.74 bits per heavy atom. The fourth-order valence-electron chi connectivity index (χ4n) is 3.01. The maximum absolute atomic E-state index is 12.7. The van der Waals surface area contributed by atoms with Crippen molar-refractivity contribution in [1.29, 1.82) is 0 Å². The summed E-state index contributed by atoms with van der Waals surface area (Å²) in [7, 11) is 1.62. The first kappa shape index (κ1) is 13.8. The first-order valence-corrected chi connectivity index (χ1v) is 6.73. The highest BCUT2D eigenvalue weighted by atomic mass is 16.5. The van der Waals surface area contributed by atoms with Crippen LogP contribution in [0.15, 0.2) is 18.2 Å². The zero-order chi connectivity index (χ0) is 14.0. The number of carbonyl (C=O) groups is 2. The van der Waals surface area contributed by atoms with E-state index < -0.39 is 5.41 Å². The van der Waals surface area contributed by atoms with Gasteiger partial charge in [-0.2, -0.15) is 0 Å². The quantitative estimate of drug-likeness (QED) is 0.835. The Hall–Kier alpha value is -1.64. The van der Waals surface area contributed by atoms with E-state index in [4.69, 9.17) is 4.74 Å². The molecule has 0 spiro atoms. The molecule has 102 valence electrons. The van der Waals surface area contributed by atoms with Gasteiger partial charge in [-0.3, -0.25) is 9.59 Å². The van der Waals surface area contributed by atoms with Crippen LogP contribution in [-0.4, -0.2) is 18.7 Å². The monoisotopic (exact) mass is 260 g/mol. The highest BCUT2D eigenvalue weighted by molar-refractivity contribution is 6.04. The molecule has 0 radical (unpaired) electrons. The van der Waals surface area contributed by atoms with Crippen molar-refractivity contribution in [3.8, 4) is 5.75 Å². The molecule has 1 unspecified atom stereocenters. The maximum atomic E-state index is 12.7. The van der Waals surface area contributed by atoms with E-state index in [2.05, 4.69) is 0 Å². The zero-order valence-electron chi connectivity index (χ0n) is 11.8. The number of rotatable bonds is 4.